The molecule has 0 atom stereocenters. The molecule has 0 saturated carbocycles. The molecule has 0 aliphatic rings. The number of hydrogen-bond acceptors (Lipinski definition) is 4. The third-order valence-corrected chi connectivity index (χ3v) is 3.40. The molecule has 7 nitrogen and oxygen atoms in total. The quantitative estimate of drug-likeness (QED) is 0.671. The summed E-state index contributed by atoms with van der Waals surface area (Å²) in [6.45, 7) is -0.0679. The van der Waals surface area contributed by atoms with Crippen LogP contribution in [0.15, 0.2) is 45.8 Å². The molecule has 0 fully saturated rings. The van der Waals surface area contributed by atoms with E-state index in [9.17, 15) is 19.7 Å². The molecule has 0 amide bonds. The van der Waals surface area contributed by atoms with Gasteiger partial charge in [0.15, 0.2) is 0 Å². The molecule has 1 aromatic carbocycles. The number of aromatic carboxylic acids is 1. The van der Waals surface area contributed by atoms with Crippen LogP contribution in [0.3, 0.4) is 0 Å². The number of hydrogen-bond donors (Lipinski definition) is 1. The minimum Gasteiger partial charge on any atom is -0.478 e. The third-order valence-electron chi connectivity index (χ3n) is 2.83. The monoisotopic (exact) mass is 352 g/mol. The molecule has 0 spiro atoms. The van der Waals surface area contributed by atoms with E-state index in [4.69, 9.17) is 5.11 Å². The lowest BCUT2D eigenvalue weighted by Crippen LogP contribution is -2.22. The van der Waals surface area contributed by atoms with Crippen LogP contribution in [0.4, 0.5) is 5.69 Å². The Balaban J connectivity index is 2.52. The summed E-state index contributed by atoms with van der Waals surface area (Å²) in [5.41, 5.74) is -0.290. The van der Waals surface area contributed by atoms with Crippen LogP contribution in [0.1, 0.15) is 15.9 Å². The summed E-state index contributed by atoms with van der Waals surface area (Å²) in [6.07, 6.45) is 1.09. The van der Waals surface area contributed by atoms with E-state index in [1.165, 1.54) is 6.07 Å². The van der Waals surface area contributed by atoms with E-state index in [1.54, 1.807) is 18.2 Å². The zero-order chi connectivity index (χ0) is 15.6. The number of rotatable bonds is 4. The number of carboxylic acid groups (broad SMARTS) is 1. The molecule has 0 bridgehead atoms. The normalized spacial score (nSPS) is 10.3. The van der Waals surface area contributed by atoms with Gasteiger partial charge in [-0.3, -0.25) is 14.9 Å². The topological polar surface area (TPSA) is 102 Å². The summed E-state index contributed by atoms with van der Waals surface area (Å²) >= 11 is 2.97. The number of benzene rings is 1. The maximum atomic E-state index is 12.0. The minimum absolute atomic E-state index is 0.0458. The van der Waals surface area contributed by atoms with Crippen molar-refractivity contribution in [2.75, 3.05) is 0 Å². The Bertz CT molecular complexity index is 784. The molecular weight excluding hydrogens is 344 g/mol. The third kappa shape index (κ3) is 3.16. The van der Waals surface area contributed by atoms with Crippen molar-refractivity contribution in [3.05, 3.63) is 72.6 Å². The van der Waals surface area contributed by atoms with Gasteiger partial charge in [0.25, 0.3) is 11.2 Å². The standard InChI is InChI=1S/C13H9BrN2O5/c14-11-5-9(16(20)21)7-15(12(11)17)6-8-3-1-2-4-10(8)13(18)19/h1-5,7H,6H2,(H,18,19). The van der Waals surface area contributed by atoms with E-state index in [-0.39, 0.29) is 22.3 Å². The van der Waals surface area contributed by atoms with Gasteiger partial charge in [-0.15, -0.1) is 0 Å². The largest absolute Gasteiger partial charge is 0.478 e. The predicted octanol–water partition coefficient (Wildman–Crippen LogP) is 2.27. The van der Waals surface area contributed by atoms with Gasteiger partial charge in [-0.05, 0) is 27.6 Å². The lowest BCUT2D eigenvalue weighted by atomic mass is 10.1. The number of halogens is 1. The second-order valence-corrected chi connectivity index (χ2v) is 5.05. The highest BCUT2D eigenvalue weighted by Gasteiger charge is 2.15. The number of carboxylic acids is 1. The highest BCUT2D eigenvalue weighted by Crippen LogP contribution is 2.16. The number of nitrogens with zero attached hydrogens (tertiary/aromatic N) is 2. The molecule has 0 radical (unpaired) electrons. The first kappa shape index (κ1) is 14.9. The van der Waals surface area contributed by atoms with Crippen molar-refractivity contribution in [3.8, 4) is 0 Å². The van der Waals surface area contributed by atoms with Crippen molar-refractivity contribution >= 4 is 27.6 Å². The van der Waals surface area contributed by atoms with Crippen LogP contribution in [0, 0.1) is 10.1 Å². The van der Waals surface area contributed by atoms with Crippen LogP contribution in [-0.2, 0) is 6.54 Å². The highest BCUT2D eigenvalue weighted by atomic mass is 79.9. The fraction of sp³-hybridized carbons (Fsp3) is 0.0769. The lowest BCUT2D eigenvalue weighted by Gasteiger charge is -2.09. The minimum atomic E-state index is -1.12. The first-order chi connectivity index (χ1) is 9.90. The van der Waals surface area contributed by atoms with Crippen LogP contribution in [0.25, 0.3) is 0 Å². The number of pyridine rings is 1. The van der Waals surface area contributed by atoms with E-state index >= 15 is 0 Å². The van der Waals surface area contributed by atoms with Gasteiger partial charge in [-0.2, -0.15) is 0 Å². The maximum Gasteiger partial charge on any atom is 0.336 e. The van der Waals surface area contributed by atoms with E-state index in [1.807, 2.05) is 0 Å². The van der Waals surface area contributed by atoms with Gasteiger partial charge in [-0.1, -0.05) is 18.2 Å². The molecule has 1 N–H and O–H groups in total. The molecular formula is C13H9BrN2O5. The molecule has 0 saturated heterocycles. The average molecular weight is 353 g/mol. The lowest BCUT2D eigenvalue weighted by molar-refractivity contribution is -0.385. The van der Waals surface area contributed by atoms with Crippen molar-refractivity contribution < 1.29 is 14.8 Å². The van der Waals surface area contributed by atoms with Crippen molar-refractivity contribution in [3.63, 3.8) is 0 Å². The van der Waals surface area contributed by atoms with E-state index < -0.39 is 16.5 Å². The predicted molar refractivity (Wildman–Crippen MR) is 77.6 cm³/mol. The molecule has 0 aliphatic heterocycles. The number of nitro groups is 1. The van der Waals surface area contributed by atoms with Crippen LogP contribution < -0.4 is 5.56 Å². The Labute approximate surface area is 126 Å². The van der Waals surface area contributed by atoms with Crippen LogP contribution >= 0.6 is 15.9 Å². The Hall–Kier alpha value is -2.48. The summed E-state index contributed by atoms with van der Waals surface area (Å²) in [5, 5.41) is 19.9. The Morgan fingerprint density at radius 1 is 1.38 bits per heavy atom. The SMILES string of the molecule is O=C(O)c1ccccc1Cn1cc([N+](=O)[O-])cc(Br)c1=O. The van der Waals surface area contributed by atoms with Crippen LogP contribution in [0.2, 0.25) is 0 Å². The first-order valence-corrected chi connectivity index (χ1v) is 6.55. The summed E-state index contributed by atoms with van der Waals surface area (Å²) in [6, 6.07) is 7.29. The Morgan fingerprint density at radius 3 is 2.67 bits per heavy atom. The Kier molecular flexibility index (Phi) is 4.18. The summed E-state index contributed by atoms with van der Waals surface area (Å²) in [7, 11) is 0. The molecule has 2 aromatic rings. The maximum absolute atomic E-state index is 12.0. The van der Waals surface area contributed by atoms with Crippen molar-refractivity contribution in [1.29, 1.82) is 0 Å². The average Bonchev–Trinajstić information content (AvgIpc) is 2.43. The Morgan fingerprint density at radius 2 is 2.05 bits per heavy atom. The van der Waals surface area contributed by atoms with Crippen molar-refractivity contribution in [2.24, 2.45) is 0 Å². The van der Waals surface area contributed by atoms with Gasteiger partial charge in [0, 0.05) is 6.07 Å². The smallest absolute Gasteiger partial charge is 0.336 e. The highest BCUT2D eigenvalue weighted by molar-refractivity contribution is 9.10. The first-order valence-electron chi connectivity index (χ1n) is 5.75. The second kappa shape index (κ2) is 5.88. The van der Waals surface area contributed by atoms with Crippen molar-refractivity contribution in [1.82, 2.24) is 4.57 Å². The summed E-state index contributed by atoms with van der Waals surface area (Å²) in [4.78, 5) is 33.3. The zero-order valence-electron chi connectivity index (χ0n) is 10.5. The van der Waals surface area contributed by atoms with Gasteiger partial charge in [0.1, 0.15) is 0 Å². The van der Waals surface area contributed by atoms with E-state index in [2.05, 4.69) is 15.9 Å². The van der Waals surface area contributed by atoms with E-state index in [0.29, 0.717) is 5.56 Å². The zero-order valence-corrected chi connectivity index (χ0v) is 12.1. The molecule has 0 aliphatic carbocycles. The second-order valence-electron chi connectivity index (χ2n) is 4.20. The summed E-state index contributed by atoms with van der Waals surface area (Å²) in [5.74, 6) is -1.12. The number of carbonyl (C=O) groups is 1. The van der Waals surface area contributed by atoms with Gasteiger partial charge in [0.2, 0.25) is 0 Å². The van der Waals surface area contributed by atoms with Gasteiger partial charge in [0.05, 0.1) is 27.7 Å². The van der Waals surface area contributed by atoms with Gasteiger partial charge < -0.3 is 9.67 Å². The van der Waals surface area contributed by atoms with Crippen LogP contribution in [-0.4, -0.2) is 20.6 Å². The van der Waals surface area contributed by atoms with Crippen molar-refractivity contribution in [2.45, 2.75) is 6.54 Å². The van der Waals surface area contributed by atoms with Crippen LogP contribution in [0.5, 0.6) is 0 Å². The number of aromatic nitrogens is 1. The van der Waals surface area contributed by atoms with Gasteiger partial charge >= 0.3 is 5.97 Å². The summed E-state index contributed by atoms with van der Waals surface area (Å²) < 4.78 is 1.15. The molecule has 21 heavy (non-hydrogen) atoms. The molecule has 8 heteroatoms. The molecule has 2 rings (SSSR count). The fourth-order valence-corrected chi connectivity index (χ4v) is 2.31. The molecule has 0 unspecified atom stereocenters. The molecule has 1 heterocycles. The fourth-order valence-electron chi connectivity index (χ4n) is 1.85. The van der Waals surface area contributed by atoms with E-state index in [0.717, 1.165) is 16.8 Å². The molecule has 108 valence electrons. The molecule has 1 aromatic heterocycles. The van der Waals surface area contributed by atoms with Gasteiger partial charge in [-0.25, -0.2) is 4.79 Å².